The molecule has 0 bridgehead atoms. The molecule has 1 saturated heterocycles. The second-order valence-electron chi connectivity index (χ2n) is 4.60. The highest BCUT2D eigenvalue weighted by molar-refractivity contribution is 5.10. The Morgan fingerprint density at radius 2 is 2.53 bits per heavy atom. The molecule has 0 spiro atoms. The Hall–Kier alpha value is -0.800. The second kappa shape index (κ2) is 4.81. The number of nitrogens with zero attached hydrogens (tertiary/aromatic N) is 1. The Morgan fingerprint density at radius 1 is 1.67 bits per heavy atom. The smallest absolute Gasteiger partial charge is 0.0950 e. The van der Waals surface area contributed by atoms with Gasteiger partial charge >= 0.3 is 0 Å². The minimum absolute atomic E-state index is 0.398. The van der Waals surface area contributed by atoms with E-state index in [4.69, 9.17) is 4.42 Å². The van der Waals surface area contributed by atoms with E-state index >= 15 is 0 Å². The van der Waals surface area contributed by atoms with Gasteiger partial charge in [-0.3, -0.25) is 0 Å². The normalized spacial score (nSPS) is 24.5. The van der Waals surface area contributed by atoms with Gasteiger partial charge < -0.3 is 14.6 Å². The van der Waals surface area contributed by atoms with Crippen LogP contribution in [0.2, 0.25) is 0 Å². The first-order chi connectivity index (χ1) is 7.25. The van der Waals surface area contributed by atoms with Gasteiger partial charge in [0.05, 0.1) is 12.5 Å². The van der Waals surface area contributed by atoms with E-state index in [1.807, 2.05) is 12.3 Å². The molecule has 1 aromatic heterocycles. The van der Waals surface area contributed by atoms with Gasteiger partial charge in [0.15, 0.2) is 0 Å². The lowest BCUT2D eigenvalue weighted by atomic mass is 10.1. The van der Waals surface area contributed by atoms with Crippen molar-refractivity contribution in [1.29, 1.82) is 0 Å². The molecule has 1 aromatic rings. The highest BCUT2D eigenvalue weighted by Gasteiger charge is 2.19. The fraction of sp³-hybridized carbons (Fsp3) is 0.667. The van der Waals surface area contributed by atoms with Crippen LogP contribution < -0.4 is 5.32 Å². The topological polar surface area (TPSA) is 28.4 Å². The third-order valence-corrected chi connectivity index (χ3v) is 3.24. The highest BCUT2D eigenvalue weighted by atomic mass is 16.3. The minimum Gasteiger partial charge on any atom is -0.472 e. The van der Waals surface area contributed by atoms with Gasteiger partial charge in [-0.05, 0) is 45.5 Å². The zero-order valence-corrected chi connectivity index (χ0v) is 9.57. The molecular weight excluding hydrogens is 188 g/mol. The van der Waals surface area contributed by atoms with Gasteiger partial charge in [0, 0.05) is 18.2 Å². The summed E-state index contributed by atoms with van der Waals surface area (Å²) in [6.45, 7) is 5.76. The number of likely N-dealkylation sites (tertiary alicyclic amines) is 1. The maximum Gasteiger partial charge on any atom is 0.0950 e. The van der Waals surface area contributed by atoms with Crippen molar-refractivity contribution < 1.29 is 4.42 Å². The van der Waals surface area contributed by atoms with Crippen molar-refractivity contribution in [2.75, 3.05) is 26.7 Å². The third kappa shape index (κ3) is 2.83. The summed E-state index contributed by atoms with van der Waals surface area (Å²) >= 11 is 0. The first-order valence-corrected chi connectivity index (χ1v) is 5.69. The Labute approximate surface area is 91.4 Å². The third-order valence-electron chi connectivity index (χ3n) is 3.24. The molecule has 0 aromatic carbocycles. The van der Waals surface area contributed by atoms with Gasteiger partial charge in [0.1, 0.15) is 0 Å². The van der Waals surface area contributed by atoms with Gasteiger partial charge in [-0.25, -0.2) is 0 Å². The van der Waals surface area contributed by atoms with E-state index in [1.165, 1.54) is 25.1 Å². The molecule has 0 saturated carbocycles. The van der Waals surface area contributed by atoms with Crippen molar-refractivity contribution in [2.24, 2.45) is 5.92 Å². The van der Waals surface area contributed by atoms with Crippen LogP contribution in [0.3, 0.4) is 0 Å². The number of rotatable bonds is 4. The summed E-state index contributed by atoms with van der Waals surface area (Å²) in [6.07, 6.45) is 4.87. The number of furan rings is 1. The van der Waals surface area contributed by atoms with Crippen LogP contribution >= 0.6 is 0 Å². The highest BCUT2D eigenvalue weighted by Crippen LogP contribution is 2.16. The lowest BCUT2D eigenvalue weighted by Crippen LogP contribution is -2.27. The molecule has 0 aliphatic carbocycles. The maximum atomic E-state index is 5.08. The van der Waals surface area contributed by atoms with Crippen molar-refractivity contribution in [3.63, 3.8) is 0 Å². The van der Waals surface area contributed by atoms with E-state index in [2.05, 4.69) is 24.2 Å². The molecule has 3 heteroatoms. The van der Waals surface area contributed by atoms with E-state index in [0.29, 0.717) is 6.04 Å². The summed E-state index contributed by atoms with van der Waals surface area (Å²) in [5.74, 6) is 0.810. The first-order valence-electron chi connectivity index (χ1n) is 5.69. The summed E-state index contributed by atoms with van der Waals surface area (Å²) in [4.78, 5) is 2.40. The predicted octanol–water partition coefficient (Wildman–Crippen LogP) is 1.88. The summed E-state index contributed by atoms with van der Waals surface area (Å²) in [6, 6.07) is 2.42. The number of hydrogen-bond acceptors (Lipinski definition) is 3. The van der Waals surface area contributed by atoms with Crippen LogP contribution in [0.4, 0.5) is 0 Å². The molecule has 3 nitrogen and oxygen atoms in total. The molecule has 15 heavy (non-hydrogen) atoms. The zero-order valence-electron chi connectivity index (χ0n) is 9.57. The standard InChI is InChI=1S/C12H20N2O/c1-10(12-4-6-15-9-12)13-7-11-3-5-14(2)8-11/h4,6,9-11,13H,3,5,7-8H2,1-2H3. The molecule has 2 rings (SSSR count). The Morgan fingerprint density at radius 3 is 3.13 bits per heavy atom. The predicted molar refractivity (Wildman–Crippen MR) is 60.7 cm³/mol. The van der Waals surface area contributed by atoms with Gasteiger partial charge in [0.2, 0.25) is 0 Å². The van der Waals surface area contributed by atoms with Crippen molar-refractivity contribution >= 4 is 0 Å². The van der Waals surface area contributed by atoms with Gasteiger partial charge in [0.25, 0.3) is 0 Å². The molecule has 1 N–H and O–H groups in total. The van der Waals surface area contributed by atoms with Crippen LogP contribution in [0, 0.1) is 5.92 Å². The number of nitrogens with one attached hydrogen (secondary N) is 1. The average molecular weight is 208 g/mol. The van der Waals surface area contributed by atoms with E-state index in [1.54, 1.807) is 6.26 Å². The van der Waals surface area contributed by atoms with E-state index in [-0.39, 0.29) is 0 Å². The van der Waals surface area contributed by atoms with E-state index in [9.17, 15) is 0 Å². The molecule has 1 aliphatic rings. The summed E-state index contributed by atoms with van der Waals surface area (Å²) in [5, 5.41) is 3.56. The van der Waals surface area contributed by atoms with Gasteiger partial charge in [-0.15, -0.1) is 0 Å². The molecule has 2 heterocycles. The first kappa shape index (κ1) is 10.7. The lowest BCUT2D eigenvalue weighted by Gasteiger charge is -2.16. The molecule has 1 aliphatic heterocycles. The molecule has 0 amide bonds. The van der Waals surface area contributed by atoms with Crippen LogP contribution in [0.25, 0.3) is 0 Å². The second-order valence-corrected chi connectivity index (χ2v) is 4.60. The lowest BCUT2D eigenvalue weighted by molar-refractivity contribution is 0.381. The summed E-state index contributed by atoms with van der Waals surface area (Å²) in [5.41, 5.74) is 1.24. The fourth-order valence-corrected chi connectivity index (χ4v) is 2.18. The van der Waals surface area contributed by atoms with Gasteiger partial charge in [-0.2, -0.15) is 0 Å². The average Bonchev–Trinajstić information content (AvgIpc) is 2.84. The van der Waals surface area contributed by atoms with Crippen molar-refractivity contribution in [3.05, 3.63) is 24.2 Å². The maximum absolute atomic E-state index is 5.08. The summed E-state index contributed by atoms with van der Waals surface area (Å²) < 4.78 is 5.08. The van der Waals surface area contributed by atoms with Crippen LogP contribution in [0.5, 0.6) is 0 Å². The molecule has 0 radical (unpaired) electrons. The summed E-state index contributed by atoms with van der Waals surface area (Å²) in [7, 11) is 2.19. The van der Waals surface area contributed by atoms with Gasteiger partial charge in [-0.1, -0.05) is 0 Å². The van der Waals surface area contributed by atoms with Crippen LogP contribution in [-0.4, -0.2) is 31.6 Å². The molecular formula is C12H20N2O. The molecule has 1 fully saturated rings. The van der Waals surface area contributed by atoms with E-state index in [0.717, 1.165) is 12.5 Å². The van der Waals surface area contributed by atoms with E-state index < -0.39 is 0 Å². The largest absolute Gasteiger partial charge is 0.472 e. The van der Waals surface area contributed by atoms with Crippen LogP contribution in [-0.2, 0) is 0 Å². The van der Waals surface area contributed by atoms with Crippen molar-refractivity contribution in [3.8, 4) is 0 Å². The minimum atomic E-state index is 0.398. The fourth-order valence-electron chi connectivity index (χ4n) is 2.18. The quantitative estimate of drug-likeness (QED) is 0.819. The Balaban J connectivity index is 1.74. The molecule has 84 valence electrons. The van der Waals surface area contributed by atoms with Crippen LogP contribution in [0.1, 0.15) is 24.9 Å². The van der Waals surface area contributed by atoms with Crippen molar-refractivity contribution in [1.82, 2.24) is 10.2 Å². The monoisotopic (exact) mass is 208 g/mol. The Kier molecular flexibility index (Phi) is 3.44. The molecule has 2 atom stereocenters. The Bertz CT molecular complexity index is 284. The number of hydrogen-bond donors (Lipinski definition) is 1. The zero-order chi connectivity index (χ0) is 10.7. The SMILES string of the molecule is CC(NCC1CCN(C)C1)c1ccoc1. The molecule has 2 unspecified atom stereocenters. The van der Waals surface area contributed by atoms with Crippen LogP contribution in [0.15, 0.2) is 23.0 Å². The van der Waals surface area contributed by atoms with Crippen molar-refractivity contribution in [2.45, 2.75) is 19.4 Å².